The first kappa shape index (κ1) is 22.5. The summed E-state index contributed by atoms with van der Waals surface area (Å²) in [5.41, 5.74) is 0. The monoisotopic (exact) mass is 478 g/mol. The molecule has 0 radical (unpaired) electrons. The van der Waals surface area contributed by atoms with Gasteiger partial charge in [-0.15, -0.1) is 24.0 Å². The van der Waals surface area contributed by atoms with Crippen LogP contribution < -0.4 is 10.6 Å². The van der Waals surface area contributed by atoms with Crippen LogP contribution in [-0.4, -0.2) is 65.3 Å². The highest BCUT2D eigenvalue weighted by Crippen LogP contribution is 2.11. The lowest BCUT2D eigenvalue weighted by Crippen LogP contribution is -2.49. The van der Waals surface area contributed by atoms with Gasteiger partial charge in [0.1, 0.15) is 0 Å². The molecule has 0 spiro atoms. The molecule has 0 aliphatic carbocycles. The van der Waals surface area contributed by atoms with Crippen molar-refractivity contribution in [1.82, 2.24) is 25.1 Å². The molecule has 1 aliphatic heterocycles. The first-order valence-corrected chi connectivity index (χ1v) is 9.15. The minimum absolute atomic E-state index is 0. The third-order valence-corrected chi connectivity index (χ3v) is 4.11. The average Bonchev–Trinajstić information content (AvgIpc) is 3.13. The number of piperidine rings is 1. The Morgan fingerprint density at radius 2 is 2.12 bits per heavy atom. The quantitative estimate of drug-likeness (QED) is 0.271. The number of likely N-dealkylation sites (tertiary alicyclic amines) is 1. The number of nitrogens with zero attached hydrogens (tertiary/aromatic N) is 4. The van der Waals surface area contributed by atoms with E-state index in [9.17, 15) is 4.79 Å². The Labute approximate surface area is 172 Å². The molecule has 1 aliphatic rings. The Balaban J connectivity index is 0.00000338. The summed E-state index contributed by atoms with van der Waals surface area (Å²) in [6.07, 6.45) is 8.14. The highest BCUT2D eigenvalue weighted by Gasteiger charge is 2.23. The second-order valence-corrected chi connectivity index (χ2v) is 6.02. The zero-order valence-corrected chi connectivity index (χ0v) is 18.0. The van der Waals surface area contributed by atoms with E-state index >= 15 is 0 Å². The standard InChI is InChI=1S/C17H30N6O2.HI/c1-3-19-16(20-8-5-10-22-13-9-18-14-22)21-15-6-11-23(12-7-15)17(24)25-4-2;/h9,13-15H,3-8,10-12H2,1-2H3,(H2,19,20,21);1H. The summed E-state index contributed by atoms with van der Waals surface area (Å²) in [5, 5.41) is 6.78. The average molecular weight is 478 g/mol. The number of aliphatic imine (C=N–C) groups is 1. The van der Waals surface area contributed by atoms with Crippen LogP contribution in [0.2, 0.25) is 0 Å². The molecule has 1 saturated heterocycles. The minimum Gasteiger partial charge on any atom is -0.450 e. The fraction of sp³-hybridized carbons (Fsp3) is 0.706. The van der Waals surface area contributed by atoms with Crippen LogP contribution in [0.3, 0.4) is 0 Å². The Morgan fingerprint density at radius 1 is 1.35 bits per heavy atom. The van der Waals surface area contributed by atoms with Crippen LogP contribution in [0, 0.1) is 0 Å². The van der Waals surface area contributed by atoms with Crippen LogP contribution in [0.15, 0.2) is 23.7 Å². The van der Waals surface area contributed by atoms with Gasteiger partial charge in [-0.3, -0.25) is 4.99 Å². The van der Waals surface area contributed by atoms with E-state index in [1.54, 1.807) is 11.1 Å². The highest BCUT2D eigenvalue weighted by atomic mass is 127. The summed E-state index contributed by atoms with van der Waals surface area (Å²) in [6, 6.07) is 0.331. The van der Waals surface area contributed by atoms with Gasteiger partial charge in [-0.2, -0.15) is 0 Å². The normalized spacial score (nSPS) is 15.3. The van der Waals surface area contributed by atoms with E-state index < -0.39 is 0 Å². The zero-order valence-electron chi connectivity index (χ0n) is 15.7. The number of carbonyl (C=O) groups is 1. The van der Waals surface area contributed by atoms with E-state index in [-0.39, 0.29) is 30.1 Å². The number of rotatable bonds is 7. The van der Waals surface area contributed by atoms with Crippen molar-refractivity contribution in [3.05, 3.63) is 18.7 Å². The van der Waals surface area contributed by atoms with Gasteiger partial charge in [0.25, 0.3) is 0 Å². The van der Waals surface area contributed by atoms with E-state index in [0.29, 0.717) is 12.6 Å². The fourth-order valence-corrected chi connectivity index (χ4v) is 2.80. The zero-order chi connectivity index (χ0) is 17.9. The molecule has 8 nitrogen and oxygen atoms in total. The third kappa shape index (κ3) is 7.79. The second kappa shape index (κ2) is 12.8. The molecule has 0 bridgehead atoms. The molecule has 26 heavy (non-hydrogen) atoms. The number of aryl methyl sites for hydroxylation is 1. The smallest absolute Gasteiger partial charge is 0.409 e. The van der Waals surface area contributed by atoms with Gasteiger partial charge in [0.05, 0.1) is 12.9 Å². The summed E-state index contributed by atoms with van der Waals surface area (Å²) in [7, 11) is 0. The van der Waals surface area contributed by atoms with Crippen molar-refractivity contribution >= 4 is 36.0 Å². The number of guanidine groups is 1. The number of carbonyl (C=O) groups excluding carboxylic acids is 1. The van der Waals surface area contributed by atoms with Crippen molar-refractivity contribution in [3.63, 3.8) is 0 Å². The van der Waals surface area contributed by atoms with Gasteiger partial charge in [0.15, 0.2) is 5.96 Å². The fourth-order valence-electron chi connectivity index (χ4n) is 2.80. The van der Waals surface area contributed by atoms with Gasteiger partial charge in [-0.25, -0.2) is 9.78 Å². The molecule has 1 amide bonds. The summed E-state index contributed by atoms with van der Waals surface area (Å²) in [4.78, 5) is 22.2. The molecule has 2 rings (SSSR count). The topological polar surface area (TPSA) is 83.8 Å². The highest BCUT2D eigenvalue weighted by molar-refractivity contribution is 14.0. The van der Waals surface area contributed by atoms with Crippen LogP contribution in [0.5, 0.6) is 0 Å². The van der Waals surface area contributed by atoms with Crippen molar-refractivity contribution in [3.8, 4) is 0 Å². The molecule has 148 valence electrons. The van der Waals surface area contributed by atoms with E-state index in [4.69, 9.17) is 4.74 Å². The van der Waals surface area contributed by atoms with Crippen molar-refractivity contribution in [2.75, 3.05) is 32.8 Å². The van der Waals surface area contributed by atoms with Crippen LogP contribution in [-0.2, 0) is 11.3 Å². The lowest BCUT2D eigenvalue weighted by atomic mass is 10.1. The molecule has 9 heteroatoms. The number of hydrogen-bond acceptors (Lipinski definition) is 4. The SMILES string of the molecule is CCNC(=NCCCn1ccnc1)NC1CCN(C(=O)OCC)CC1.I. The number of hydrogen-bond donors (Lipinski definition) is 2. The van der Waals surface area contributed by atoms with Gasteiger partial charge >= 0.3 is 6.09 Å². The van der Waals surface area contributed by atoms with Gasteiger partial charge in [-0.05, 0) is 33.1 Å². The molecule has 1 aromatic heterocycles. The maximum atomic E-state index is 11.7. The van der Waals surface area contributed by atoms with Gasteiger partial charge in [0.2, 0.25) is 0 Å². The van der Waals surface area contributed by atoms with E-state index in [1.807, 2.05) is 19.4 Å². The van der Waals surface area contributed by atoms with E-state index in [0.717, 1.165) is 57.9 Å². The molecular weight excluding hydrogens is 447 g/mol. The van der Waals surface area contributed by atoms with Crippen molar-refractivity contribution in [1.29, 1.82) is 0 Å². The third-order valence-electron chi connectivity index (χ3n) is 4.11. The first-order valence-electron chi connectivity index (χ1n) is 9.15. The van der Waals surface area contributed by atoms with Crippen LogP contribution in [0.1, 0.15) is 33.1 Å². The Bertz CT molecular complexity index is 529. The molecule has 0 unspecified atom stereocenters. The van der Waals surface area contributed by atoms with E-state index in [2.05, 4.69) is 32.1 Å². The van der Waals surface area contributed by atoms with Crippen molar-refractivity contribution in [2.45, 2.75) is 45.7 Å². The molecule has 1 aromatic rings. The summed E-state index contributed by atoms with van der Waals surface area (Å²) in [5.74, 6) is 0.850. The maximum Gasteiger partial charge on any atom is 0.409 e. The predicted molar refractivity (Wildman–Crippen MR) is 113 cm³/mol. The molecule has 2 N–H and O–H groups in total. The lowest BCUT2D eigenvalue weighted by molar-refractivity contribution is 0.0963. The van der Waals surface area contributed by atoms with Gasteiger partial charge < -0.3 is 24.8 Å². The van der Waals surface area contributed by atoms with Crippen molar-refractivity contribution in [2.24, 2.45) is 4.99 Å². The van der Waals surface area contributed by atoms with Gasteiger partial charge in [-0.1, -0.05) is 0 Å². The Hall–Kier alpha value is -1.52. The number of nitrogens with one attached hydrogen (secondary N) is 2. The maximum absolute atomic E-state index is 11.7. The molecule has 0 aromatic carbocycles. The van der Waals surface area contributed by atoms with Gasteiger partial charge in [0, 0.05) is 51.2 Å². The molecule has 1 fully saturated rings. The largest absolute Gasteiger partial charge is 0.450 e. The van der Waals surface area contributed by atoms with Crippen molar-refractivity contribution < 1.29 is 9.53 Å². The molecule has 0 saturated carbocycles. The minimum atomic E-state index is -0.207. The summed E-state index contributed by atoms with van der Waals surface area (Å²) >= 11 is 0. The second-order valence-electron chi connectivity index (χ2n) is 6.02. The predicted octanol–water partition coefficient (Wildman–Crippen LogP) is 2.07. The number of ether oxygens (including phenoxy) is 1. The van der Waals surface area contributed by atoms with Crippen LogP contribution >= 0.6 is 24.0 Å². The number of imidazole rings is 1. The van der Waals surface area contributed by atoms with Crippen LogP contribution in [0.25, 0.3) is 0 Å². The van der Waals surface area contributed by atoms with E-state index in [1.165, 1.54) is 0 Å². The van der Waals surface area contributed by atoms with Crippen LogP contribution in [0.4, 0.5) is 4.79 Å². The number of amides is 1. The number of aromatic nitrogens is 2. The molecule has 2 heterocycles. The summed E-state index contributed by atoms with van der Waals surface area (Å²) < 4.78 is 7.11. The lowest BCUT2D eigenvalue weighted by Gasteiger charge is -2.32. The Morgan fingerprint density at radius 3 is 2.73 bits per heavy atom. The summed E-state index contributed by atoms with van der Waals surface area (Å²) in [6.45, 7) is 8.26. The first-order chi connectivity index (χ1) is 12.2. The number of halogens is 1. The molecular formula is C17H31IN6O2. The molecule has 0 atom stereocenters. The Kier molecular flexibility index (Phi) is 11.1.